The summed E-state index contributed by atoms with van der Waals surface area (Å²) in [7, 11) is 4.28. The summed E-state index contributed by atoms with van der Waals surface area (Å²) in [5, 5.41) is 6.15. The van der Waals surface area contributed by atoms with Gasteiger partial charge >= 0.3 is 5.97 Å². The van der Waals surface area contributed by atoms with Crippen LogP contribution in [0.4, 0.5) is 0 Å². The van der Waals surface area contributed by atoms with Gasteiger partial charge in [0, 0.05) is 26.6 Å². The first-order chi connectivity index (χ1) is 9.60. The van der Waals surface area contributed by atoms with E-state index in [4.69, 9.17) is 14.2 Å². The van der Waals surface area contributed by atoms with Gasteiger partial charge in [0.2, 0.25) is 0 Å². The van der Waals surface area contributed by atoms with E-state index >= 15 is 0 Å². The molecule has 0 aromatic heterocycles. The van der Waals surface area contributed by atoms with Gasteiger partial charge in [-0.25, -0.2) is 9.89 Å². The fourth-order valence-corrected chi connectivity index (χ4v) is 1.87. The van der Waals surface area contributed by atoms with Crippen molar-refractivity contribution in [3.05, 3.63) is 28.3 Å². The lowest BCUT2D eigenvalue weighted by molar-refractivity contribution is -0.111. The molecule has 0 fully saturated rings. The van der Waals surface area contributed by atoms with Gasteiger partial charge in [0.1, 0.15) is 11.3 Å². The summed E-state index contributed by atoms with van der Waals surface area (Å²) in [6.07, 6.45) is 2.63. The molecule has 0 atom stereocenters. The zero-order chi connectivity index (χ0) is 14.7. The Hall–Kier alpha value is -2.19. The van der Waals surface area contributed by atoms with E-state index in [9.17, 15) is 9.59 Å². The number of aromatic nitrogens is 3. The standard InChI is InChI=1S/C12H15N3O5/c1-18-9(19-2)6-15-4-7-10(13-14-11(7)16)8(5-15)12(17)20-3/h4-5,9H,6H2,1-3H3,(H,14,16). The van der Waals surface area contributed by atoms with E-state index in [1.54, 1.807) is 17.0 Å². The number of aromatic amines is 1. The van der Waals surface area contributed by atoms with Crippen molar-refractivity contribution in [2.24, 2.45) is 0 Å². The lowest BCUT2D eigenvalue weighted by Crippen LogP contribution is -2.22. The number of fused-ring (bicyclic) bond motifs is 1. The second-order valence-electron chi connectivity index (χ2n) is 4.08. The number of hydrogen-bond acceptors (Lipinski definition) is 6. The van der Waals surface area contributed by atoms with Crippen molar-refractivity contribution >= 4 is 5.97 Å². The van der Waals surface area contributed by atoms with E-state index in [1.165, 1.54) is 21.3 Å². The van der Waals surface area contributed by atoms with Crippen LogP contribution in [0.5, 0.6) is 0 Å². The highest BCUT2D eigenvalue weighted by molar-refractivity contribution is 5.95. The number of H-pyrrole nitrogens is 1. The number of nitrogens with zero attached hydrogens (tertiary/aromatic N) is 2. The van der Waals surface area contributed by atoms with E-state index in [0.29, 0.717) is 12.1 Å². The van der Waals surface area contributed by atoms with Crippen molar-refractivity contribution in [2.75, 3.05) is 21.3 Å². The van der Waals surface area contributed by atoms with Gasteiger partial charge in [-0.1, -0.05) is 0 Å². The van der Waals surface area contributed by atoms with Gasteiger partial charge in [-0.2, -0.15) is 5.10 Å². The number of esters is 1. The van der Waals surface area contributed by atoms with Crippen molar-refractivity contribution in [1.82, 2.24) is 14.8 Å². The first-order valence-electron chi connectivity index (χ1n) is 5.82. The molecular formula is C12H15N3O5. The second-order valence-corrected chi connectivity index (χ2v) is 4.08. The molecule has 0 saturated heterocycles. The fourth-order valence-electron chi connectivity index (χ4n) is 1.87. The van der Waals surface area contributed by atoms with Crippen LogP contribution in [-0.2, 0) is 20.8 Å². The van der Waals surface area contributed by atoms with Crippen LogP contribution in [0.25, 0.3) is 11.3 Å². The molecule has 20 heavy (non-hydrogen) atoms. The highest BCUT2D eigenvalue weighted by Crippen LogP contribution is 2.20. The van der Waals surface area contributed by atoms with E-state index in [-0.39, 0.29) is 16.8 Å². The number of nitrogens with one attached hydrogen (secondary N) is 1. The lowest BCUT2D eigenvalue weighted by Gasteiger charge is -2.17. The molecule has 8 heteroatoms. The van der Waals surface area contributed by atoms with Crippen molar-refractivity contribution in [1.29, 1.82) is 0 Å². The Morgan fingerprint density at radius 1 is 1.35 bits per heavy atom. The molecule has 108 valence electrons. The molecule has 0 spiro atoms. The molecule has 0 aromatic carbocycles. The monoisotopic (exact) mass is 281 g/mol. The SMILES string of the molecule is COC(=O)c1cn(CC(OC)OC)cc2c(=O)[nH]nc1-2. The number of hydrogen-bond donors (Lipinski definition) is 1. The molecule has 1 N–H and O–H groups in total. The largest absolute Gasteiger partial charge is 0.465 e. The van der Waals surface area contributed by atoms with Gasteiger partial charge in [0.05, 0.1) is 19.2 Å². The number of pyridine rings is 1. The molecule has 2 heterocycles. The van der Waals surface area contributed by atoms with Crippen molar-refractivity contribution in [2.45, 2.75) is 12.8 Å². The number of carbonyl (C=O) groups excluding carboxylic acids is 1. The van der Waals surface area contributed by atoms with Gasteiger partial charge in [0.25, 0.3) is 5.56 Å². The van der Waals surface area contributed by atoms with Gasteiger partial charge in [-0.15, -0.1) is 0 Å². The molecule has 0 aromatic rings. The van der Waals surface area contributed by atoms with E-state index in [2.05, 4.69) is 10.2 Å². The number of carbonyl (C=O) groups is 1. The zero-order valence-electron chi connectivity index (χ0n) is 11.4. The van der Waals surface area contributed by atoms with Crippen molar-refractivity contribution < 1.29 is 19.0 Å². The summed E-state index contributed by atoms with van der Waals surface area (Å²) in [6.45, 7) is 0.317. The van der Waals surface area contributed by atoms with Crippen LogP contribution in [0, 0.1) is 0 Å². The zero-order valence-corrected chi connectivity index (χ0v) is 11.4. The molecule has 0 unspecified atom stereocenters. The van der Waals surface area contributed by atoms with Crippen LogP contribution < -0.4 is 5.56 Å². The van der Waals surface area contributed by atoms with E-state index < -0.39 is 12.3 Å². The van der Waals surface area contributed by atoms with Gasteiger partial charge in [-0.3, -0.25) is 4.79 Å². The molecule has 2 rings (SSSR count). The van der Waals surface area contributed by atoms with Crippen molar-refractivity contribution in [3.63, 3.8) is 0 Å². The summed E-state index contributed by atoms with van der Waals surface area (Å²) >= 11 is 0. The maximum Gasteiger partial charge on any atom is 0.341 e. The minimum absolute atomic E-state index is 0.203. The third-order valence-corrected chi connectivity index (χ3v) is 2.90. The Bertz CT molecular complexity index is 629. The van der Waals surface area contributed by atoms with E-state index in [0.717, 1.165) is 0 Å². The molecule has 2 aliphatic rings. The molecule has 0 bridgehead atoms. The number of rotatable bonds is 5. The van der Waals surface area contributed by atoms with Crippen LogP contribution in [-0.4, -0.2) is 48.4 Å². The summed E-state index contributed by atoms with van der Waals surface area (Å²) in [5.74, 6) is -0.567. The van der Waals surface area contributed by atoms with Crippen LogP contribution >= 0.6 is 0 Å². The van der Waals surface area contributed by atoms with Crippen LogP contribution in [0.1, 0.15) is 10.4 Å². The minimum Gasteiger partial charge on any atom is -0.465 e. The topological polar surface area (TPSA) is 95.4 Å². The average Bonchev–Trinajstić information content (AvgIpc) is 2.84. The summed E-state index contributed by atoms with van der Waals surface area (Å²) in [4.78, 5) is 23.4. The normalized spacial score (nSPS) is 11.2. The highest BCUT2D eigenvalue weighted by atomic mass is 16.7. The number of methoxy groups -OCH3 is 3. The van der Waals surface area contributed by atoms with Crippen molar-refractivity contribution in [3.8, 4) is 11.3 Å². The quantitative estimate of drug-likeness (QED) is 0.616. The third-order valence-electron chi connectivity index (χ3n) is 2.90. The molecule has 2 aliphatic heterocycles. The van der Waals surface area contributed by atoms with E-state index in [1.807, 2.05) is 0 Å². The Kier molecular flexibility index (Phi) is 4.16. The Morgan fingerprint density at radius 2 is 2.05 bits per heavy atom. The van der Waals surface area contributed by atoms with Crippen LogP contribution in [0.3, 0.4) is 0 Å². The third kappa shape index (κ3) is 2.56. The fraction of sp³-hybridized carbons (Fsp3) is 0.417. The molecular weight excluding hydrogens is 266 g/mol. The Morgan fingerprint density at radius 3 is 2.65 bits per heavy atom. The summed E-state index contributed by atoms with van der Waals surface area (Å²) in [5.41, 5.74) is 0.420. The molecule has 0 amide bonds. The first-order valence-corrected chi connectivity index (χ1v) is 5.82. The average molecular weight is 281 g/mol. The first kappa shape index (κ1) is 14.2. The van der Waals surface area contributed by atoms with Crippen LogP contribution in [0.2, 0.25) is 0 Å². The minimum atomic E-state index is -0.567. The second kappa shape index (κ2) is 5.85. The predicted octanol–water partition coefficient (Wildman–Crippen LogP) is 0.0817. The maximum absolute atomic E-state index is 11.8. The summed E-state index contributed by atoms with van der Waals surface area (Å²) < 4.78 is 16.5. The highest BCUT2D eigenvalue weighted by Gasteiger charge is 2.22. The number of ether oxygens (including phenoxy) is 3. The van der Waals surface area contributed by atoms with Gasteiger partial charge in [0.15, 0.2) is 6.29 Å². The Balaban J connectivity index is 2.50. The van der Waals surface area contributed by atoms with Gasteiger partial charge < -0.3 is 18.8 Å². The molecule has 0 radical (unpaired) electrons. The Labute approximate surface area is 114 Å². The smallest absolute Gasteiger partial charge is 0.341 e. The van der Waals surface area contributed by atoms with Crippen LogP contribution in [0.15, 0.2) is 17.2 Å². The summed E-state index contributed by atoms with van der Waals surface area (Å²) in [6, 6.07) is 0. The molecule has 8 nitrogen and oxygen atoms in total. The lowest BCUT2D eigenvalue weighted by atomic mass is 10.1. The maximum atomic E-state index is 11.8. The predicted molar refractivity (Wildman–Crippen MR) is 68.6 cm³/mol. The van der Waals surface area contributed by atoms with Gasteiger partial charge in [-0.05, 0) is 0 Å². The molecule has 0 saturated carbocycles. The molecule has 0 aliphatic carbocycles.